The van der Waals surface area contributed by atoms with E-state index in [9.17, 15) is 17.6 Å². The van der Waals surface area contributed by atoms with Gasteiger partial charge in [0.2, 0.25) is 5.91 Å². The van der Waals surface area contributed by atoms with Crippen LogP contribution in [-0.2, 0) is 14.8 Å². The summed E-state index contributed by atoms with van der Waals surface area (Å²) in [5.74, 6) is -0.843. The van der Waals surface area contributed by atoms with E-state index in [0.717, 1.165) is 47.7 Å². The minimum absolute atomic E-state index is 0.0526. The van der Waals surface area contributed by atoms with Gasteiger partial charge in [-0.25, -0.2) is 12.8 Å². The Balaban J connectivity index is 1.83. The van der Waals surface area contributed by atoms with Gasteiger partial charge in [-0.1, -0.05) is 49.8 Å². The molecule has 0 spiro atoms. The second kappa shape index (κ2) is 10.1. The maximum absolute atomic E-state index is 13.3. The molecule has 0 radical (unpaired) electrons. The van der Waals surface area contributed by atoms with Crippen molar-refractivity contribution in [1.82, 2.24) is 5.32 Å². The van der Waals surface area contributed by atoms with Crippen LogP contribution in [0.15, 0.2) is 53.4 Å². The molecule has 3 rings (SSSR count). The average Bonchev–Trinajstić information content (AvgIpc) is 2.69. The SMILES string of the molecule is Cc1ccc(N(CC(=O)NC2CCCCCCC2)S(=O)(=O)c2ccc(F)cc2)cc1. The van der Waals surface area contributed by atoms with Crippen LogP contribution in [0.2, 0.25) is 0 Å². The summed E-state index contributed by atoms with van der Waals surface area (Å²) in [6.45, 7) is 1.59. The monoisotopic (exact) mass is 432 g/mol. The number of sulfonamides is 1. The summed E-state index contributed by atoms with van der Waals surface area (Å²) in [6.07, 6.45) is 7.54. The molecule has 0 atom stereocenters. The first-order chi connectivity index (χ1) is 14.4. The lowest BCUT2D eigenvalue weighted by atomic mass is 9.97. The first-order valence-electron chi connectivity index (χ1n) is 10.5. The van der Waals surface area contributed by atoms with Crippen molar-refractivity contribution in [2.24, 2.45) is 0 Å². The van der Waals surface area contributed by atoms with E-state index >= 15 is 0 Å². The molecule has 1 fully saturated rings. The predicted molar refractivity (Wildman–Crippen MR) is 116 cm³/mol. The number of rotatable bonds is 6. The third-order valence-electron chi connectivity index (χ3n) is 5.48. The summed E-state index contributed by atoms with van der Waals surface area (Å²) < 4.78 is 41.0. The van der Waals surface area contributed by atoms with Crippen molar-refractivity contribution >= 4 is 21.6 Å². The van der Waals surface area contributed by atoms with Gasteiger partial charge in [0, 0.05) is 6.04 Å². The number of carbonyl (C=O) groups is 1. The molecule has 1 N–H and O–H groups in total. The maximum atomic E-state index is 13.3. The smallest absolute Gasteiger partial charge is 0.264 e. The number of benzene rings is 2. The molecule has 2 aromatic rings. The molecule has 0 aromatic heterocycles. The summed E-state index contributed by atoms with van der Waals surface area (Å²) in [5, 5.41) is 3.03. The summed E-state index contributed by atoms with van der Waals surface area (Å²) in [7, 11) is -4.03. The largest absolute Gasteiger partial charge is 0.352 e. The van der Waals surface area contributed by atoms with Crippen LogP contribution in [0.25, 0.3) is 0 Å². The molecule has 0 heterocycles. The highest BCUT2D eigenvalue weighted by Gasteiger charge is 2.28. The molecule has 0 bridgehead atoms. The van der Waals surface area contributed by atoms with Crippen molar-refractivity contribution in [3.8, 4) is 0 Å². The number of anilines is 1. The molecule has 1 aliphatic carbocycles. The Bertz CT molecular complexity index is 935. The van der Waals surface area contributed by atoms with E-state index in [4.69, 9.17) is 0 Å². The molecule has 1 amide bonds. The number of nitrogens with one attached hydrogen (secondary N) is 1. The highest BCUT2D eigenvalue weighted by atomic mass is 32.2. The zero-order valence-corrected chi connectivity index (χ0v) is 18.1. The molecule has 2 aromatic carbocycles. The van der Waals surface area contributed by atoms with Gasteiger partial charge in [0.1, 0.15) is 12.4 Å². The quantitative estimate of drug-likeness (QED) is 0.728. The van der Waals surface area contributed by atoms with Crippen molar-refractivity contribution in [1.29, 1.82) is 0 Å². The predicted octanol–water partition coefficient (Wildman–Crippen LogP) is 4.56. The first kappa shape index (κ1) is 22.3. The van der Waals surface area contributed by atoms with Gasteiger partial charge in [-0.05, 0) is 56.2 Å². The Morgan fingerprint density at radius 1 is 0.967 bits per heavy atom. The minimum Gasteiger partial charge on any atom is -0.352 e. The fourth-order valence-corrected chi connectivity index (χ4v) is 5.19. The van der Waals surface area contributed by atoms with Crippen LogP contribution in [-0.4, -0.2) is 26.9 Å². The van der Waals surface area contributed by atoms with Gasteiger partial charge in [0.15, 0.2) is 0 Å². The van der Waals surface area contributed by atoms with Gasteiger partial charge >= 0.3 is 0 Å². The molecule has 30 heavy (non-hydrogen) atoms. The number of hydrogen-bond donors (Lipinski definition) is 1. The second-order valence-electron chi connectivity index (χ2n) is 7.91. The van der Waals surface area contributed by atoms with Crippen LogP contribution in [0.3, 0.4) is 0 Å². The van der Waals surface area contributed by atoms with Crippen LogP contribution in [0.4, 0.5) is 10.1 Å². The number of aryl methyl sites for hydroxylation is 1. The third-order valence-corrected chi connectivity index (χ3v) is 7.27. The fourth-order valence-electron chi connectivity index (χ4n) is 3.76. The first-order valence-corrected chi connectivity index (χ1v) is 11.9. The van der Waals surface area contributed by atoms with Gasteiger partial charge in [-0.15, -0.1) is 0 Å². The molecule has 1 saturated carbocycles. The van der Waals surface area contributed by atoms with Crippen molar-refractivity contribution in [3.63, 3.8) is 0 Å². The van der Waals surface area contributed by atoms with Crippen LogP contribution in [0.1, 0.15) is 50.5 Å². The normalized spacial score (nSPS) is 15.8. The number of halogens is 1. The van der Waals surface area contributed by atoms with Crippen LogP contribution >= 0.6 is 0 Å². The van der Waals surface area contributed by atoms with Gasteiger partial charge in [-0.2, -0.15) is 0 Å². The lowest BCUT2D eigenvalue weighted by Crippen LogP contribution is -2.44. The average molecular weight is 433 g/mol. The van der Waals surface area contributed by atoms with Crippen LogP contribution in [0, 0.1) is 12.7 Å². The molecule has 162 valence electrons. The van der Waals surface area contributed by atoms with E-state index < -0.39 is 15.8 Å². The standard InChI is InChI=1S/C23H29FN2O3S/c1-18-9-13-21(14-10-18)26(30(28,29)22-15-11-19(24)12-16-22)17-23(27)25-20-7-5-3-2-4-6-8-20/h9-16,20H,2-8,17H2,1H3,(H,25,27). The lowest BCUT2D eigenvalue weighted by Gasteiger charge is -2.26. The summed E-state index contributed by atoms with van der Waals surface area (Å²) in [5.41, 5.74) is 1.38. The molecule has 0 saturated heterocycles. The summed E-state index contributed by atoms with van der Waals surface area (Å²) >= 11 is 0. The van der Waals surface area contributed by atoms with Crippen LogP contribution in [0.5, 0.6) is 0 Å². The van der Waals surface area contributed by atoms with Crippen molar-refractivity contribution in [2.45, 2.75) is 62.8 Å². The number of nitrogens with zero attached hydrogens (tertiary/aromatic N) is 1. The Morgan fingerprint density at radius 3 is 2.13 bits per heavy atom. The van der Waals surface area contributed by atoms with E-state index in [1.807, 2.05) is 6.92 Å². The Labute approximate surface area is 178 Å². The lowest BCUT2D eigenvalue weighted by molar-refractivity contribution is -0.120. The summed E-state index contributed by atoms with van der Waals surface area (Å²) in [6, 6.07) is 11.7. The molecular weight excluding hydrogens is 403 g/mol. The van der Waals surface area contributed by atoms with E-state index in [0.29, 0.717) is 5.69 Å². The van der Waals surface area contributed by atoms with Gasteiger partial charge in [0.05, 0.1) is 10.6 Å². The number of hydrogen-bond acceptors (Lipinski definition) is 3. The van der Waals surface area contributed by atoms with Crippen molar-refractivity contribution < 1.29 is 17.6 Å². The number of carbonyl (C=O) groups excluding carboxylic acids is 1. The minimum atomic E-state index is -4.03. The fraction of sp³-hybridized carbons (Fsp3) is 0.435. The molecular formula is C23H29FN2O3S. The zero-order valence-electron chi connectivity index (χ0n) is 17.3. The molecule has 0 aliphatic heterocycles. The number of amides is 1. The summed E-state index contributed by atoms with van der Waals surface area (Å²) in [4.78, 5) is 12.8. The molecule has 0 unspecified atom stereocenters. The van der Waals surface area contributed by atoms with E-state index in [1.54, 1.807) is 24.3 Å². The van der Waals surface area contributed by atoms with E-state index in [2.05, 4.69) is 5.32 Å². The molecule has 5 nitrogen and oxygen atoms in total. The van der Waals surface area contributed by atoms with Crippen LogP contribution < -0.4 is 9.62 Å². The van der Waals surface area contributed by atoms with E-state index in [-0.39, 0.29) is 23.4 Å². The van der Waals surface area contributed by atoms with Crippen molar-refractivity contribution in [2.75, 3.05) is 10.8 Å². The Kier molecular flexibility index (Phi) is 7.48. The second-order valence-corrected chi connectivity index (χ2v) is 9.77. The topological polar surface area (TPSA) is 66.5 Å². The van der Waals surface area contributed by atoms with Crippen molar-refractivity contribution in [3.05, 3.63) is 59.9 Å². The molecule has 7 heteroatoms. The highest BCUT2D eigenvalue weighted by Crippen LogP contribution is 2.24. The van der Waals surface area contributed by atoms with Gasteiger partial charge in [-0.3, -0.25) is 9.10 Å². The maximum Gasteiger partial charge on any atom is 0.264 e. The third kappa shape index (κ3) is 5.81. The highest BCUT2D eigenvalue weighted by molar-refractivity contribution is 7.92. The zero-order chi connectivity index (χ0) is 21.6. The van der Waals surface area contributed by atoms with Gasteiger partial charge < -0.3 is 5.32 Å². The van der Waals surface area contributed by atoms with E-state index in [1.165, 1.54) is 31.4 Å². The Morgan fingerprint density at radius 2 is 1.53 bits per heavy atom. The molecule has 1 aliphatic rings. The van der Waals surface area contributed by atoms with Gasteiger partial charge in [0.25, 0.3) is 10.0 Å². The Hall–Kier alpha value is -2.41.